The van der Waals surface area contributed by atoms with Gasteiger partial charge in [0, 0.05) is 25.7 Å². The summed E-state index contributed by atoms with van der Waals surface area (Å²) in [5.74, 6) is -0.965. The first-order chi connectivity index (χ1) is 18.0. The van der Waals surface area contributed by atoms with Crippen molar-refractivity contribution in [3.05, 3.63) is 76.8 Å². The maximum atomic E-state index is 13.9. The zero-order chi connectivity index (χ0) is 28.5. The van der Waals surface area contributed by atoms with Crippen LogP contribution in [0.3, 0.4) is 0 Å². The van der Waals surface area contributed by atoms with Crippen LogP contribution >= 0.6 is 0 Å². The molecule has 9 nitrogen and oxygen atoms in total. The zero-order valence-electron chi connectivity index (χ0n) is 22.8. The highest BCUT2D eigenvalue weighted by Gasteiger charge is 2.26. The third-order valence-corrected chi connectivity index (χ3v) is 7.68. The number of sulfonamides is 1. The Bertz CT molecular complexity index is 1250. The average Bonchev–Trinajstić information content (AvgIpc) is 3.58. The molecule has 1 atom stereocenters. The molecule has 208 valence electrons. The Hall–Kier alpha value is -3.31. The van der Waals surface area contributed by atoms with E-state index in [-0.39, 0.29) is 22.6 Å². The summed E-state index contributed by atoms with van der Waals surface area (Å²) in [6.45, 7) is 19.0. The van der Waals surface area contributed by atoms with Crippen molar-refractivity contribution in [1.82, 2.24) is 19.9 Å². The number of carbonyl (C=O) groups is 1. The van der Waals surface area contributed by atoms with Crippen molar-refractivity contribution < 1.29 is 22.1 Å². The highest BCUT2D eigenvalue weighted by atomic mass is 32.2. The van der Waals surface area contributed by atoms with Gasteiger partial charge in [-0.2, -0.15) is 4.98 Å². The van der Waals surface area contributed by atoms with Crippen LogP contribution in [0.25, 0.3) is 0 Å². The van der Waals surface area contributed by atoms with E-state index >= 15 is 0 Å². The summed E-state index contributed by atoms with van der Waals surface area (Å²) in [6.07, 6.45) is 8.97. The molecule has 1 aliphatic heterocycles. The molecule has 0 bridgehead atoms. The Morgan fingerprint density at radius 2 is 1.89 bits per heavy atom. The highest BCUT2D eigenvalue weighted by molar-refractivity contribution is 7.96. The molecule has 1 amide bonds. The minimum Gasteiger partial charge on any atom is -0.336 e. The Morgan fingerprint density at radius 3 is 2.42 bits per heavy atom. The van der Waals surface area contributed by atoms with Crippen molar-refractivity contribution in [3.63, 3.8) is 0 Å². The Balaban J connectivity index is 2.28. The van der Waals surface area contributed by atoms with Gasteiger partial charge < -0.3 is 9.42 Å². The van der Waals surface area contributed by atoms with Gasteiger partial charge >= 0.3 is 6.01 Å². The number of halogens is 1. The number of likely N-dealkylation sites (tertiary alicyclic amines) is 1. The molecule has 1 N–H and O–H groups in total. The van der Waals surface area contributed by atoms with Crippen LogP contribution in [0.4, 0.5) is 10.4 Å². The number of anilines is 1. The minimum atomic E-state index is -4.15. The Kier molecular flexibility index (Phi) is 11.4. The van der Waals surface area contributed by atoms with Gasteiger partial charge in [0.1, 0.15) is 5.83 Å². The van der Waals surface area contributed by atoms with Crippen LogP contribution in [0.2, 0.25) is 0 Å². The van der Waals surface area contributed by atoms with Gasteiger partial charge in [0.25, 0.3) is 21.8 Å². The molecular formula is C27H38FN5O4S. The maximum Gasteiger partial charge on any atom is 0.335 e. The van der Waals surface area contributed by atoms with E-state index in [1.165, 1.54) is 24.3 Å². The maximum absolute atomic E-state index is 13.9. The van der Waals surface area contributed by atoms with Crippen LogP contribution in [0, 0.1) is 0 Å². The van der Waals surface area contributed by atoms with Crippen LogP contribution in [0.15, 0.2) is 75.5 Å². The summed E-state index contributed by atoms with van der Waals surface area (Å²) in [5, 5.41) is 3.63. The molecule has 1 saturated heterocycles. The molecule has 0 aromatic carbocycles. The van der Waals surface area contributed by atoms with Crippen LogP contribution in [-0.2, 0) is 10.0 Å². The number of hydrogen-bond acceptors (Lipinski definition) is 7. The van der Waals surface area contributed by atoms with Crippen LogP contribution in [0.5, 0.6) is 0 Å². The second-order valence-electron chi connectivity index (χ2n) is 9.07. The van der Waals surface area contributed by atoms with Crippen molar-refractivity contribution in [2.45, 2.75) is 53.5 Å². The number of nitrogens with one attached hydrogen (secondary N) is 1. The van der Waals surface area contributed by atoms with E-state index in [9.17, 15) is 17.6 Å². The van der Waals surface area contributed by atoms with E-state index in [1.54, 1.807) is 17.9 Å². The van der Waals surface area contributed by atoms with Crippen molar-refractivity contribution in [3.8, 4) is 0 Å². The van der Waals surface area contributed by atoms with Gasteiger partial charge in [0.05, 0.1) is 4.91 Å². The minimum absolute atomic E-state index is 0.109. The molecule has 0 radical (unpaired) electrons. The zero-order valence-corrected chi connectivity index (χ0v) is 23.6. The van der Waals surface area contributed by atoms with Crippen molar-refractivity contribution in [2.75, 3.05) is 30.9 Å². The van der Waals surface area contributed by atoms with Crippen LogP contribution < -0.4 is 4.72 Å². The fraction of sp³-hybridized carbons (Fsp3) is 0.444. The lowest BCUT2D eigenvalue weighted by molar-refractivity contribution is 0.0777. The van der Waals surface area contributed by atoms with Gasteiger partial charge in [-0.3, -0.25) is 9.69 Å². The largest absolute Gasteiger partial charge is 0.336 e. The summed E-state index contributed by atoms with van der Waals surface area (Å²) in [7, 11) is -4.15. The average molecular weight is 548 g/mol. The number of hydrogen-bond donors (Lipinski definition) is 1. The quantitative estimate of drug-likeness (QED) is 0.340. The second-order valence-corrected chi connectivity index (χ2v) is 10.7. The van der Waals surface area contributed by atoms with E-state index in [0.29, 0.717) is 31.8 Å². The summed E-state index contributed by atoms with van der Waals surface area (Å²) in [4.78, 5) is 19.9. The summed E-state index contributed by atoms with van der Waals surface area (Å²) in [6, 6.07) is -0.590. The van der Waals surface area contributed by atoms with Crippen LogP contribution in [-0.4, -0.2) is 66.5 Å². The number of amides is 1. The van der Waals surface area contributed by atoms with Gasteiger partial charge in [-0.1, -0.05) is 37.8 Å². The second kappa shape index (κ2) is 14.0. The molecule has 11 heteroatoms. The van der Waals surface area contributed by atoms with Gasteiger partial charge in [-0.25, -0.2) is 17.5 Å². The SMILES string of the molecule is C=C/C(=C\C(F)=C/C)[C@@H](C)N(CC)CC(/C=C(\C=C)S(=O)(=O)Nc1nc(C(=O)N2CCCC2)no1)=C(C)C. The Morgan fingerprint density at radius 1 is 1.24 bits per heavy atom. The van der Waals surface area contributed by atoms with E-state index in [4.69, 9.17) is 4.52 Å². The molecule has 1 aromatic heterocycles. The lowest BCUT2D eigenvalue weighted by Crippen LogP contribution is -2.35. The number of rotatable bonds is 13. The van der Waals surface area contributed by atoms with Gasteiger partial charge in [0.15, 0.2) is 0 Å². The molecule has 1 aliphatic rings. The van der Waals surface area contributed by atoms with Gasteiger partial charge in [-0.15, -0.1) is 0 Å². The standard InChI is InChI=1S/C27H38FN5O4S/c1-8-21(16-23(28)9-2)20(7)32(11-4)18-22(19(5)6)17-24(10-3)38(35,36)31-27-29-25(30-37-27)26(34)33-14-12-13-15-33/h8-10,16-17,20H,1,3,11-15,18H2,2,4-7H3,(H,29,30,31)/b21-16+,23-9+,24-17+/t20-/m1/s1. The lowest BCUT2D eigenvalue weighted by Gasteiger charge is -2.30. The predicted molar refractivity (Wildman–Crippen MR) is 148 cm³/mol. The topological polar surface area (TPSA) is 109 Å². The fourth-order valence-electron chi connectivity index (χ4n) is 3.90. The van der Waals surface area contributed by atoms with Gasteiger partial charge in [0.2, 0.25) is 0 Å². The highest BCUT2D eigenvalue weighted by Crippen LogP contribution is 2.22. The molecule has 0 saturated carbocycles. The normalized spacial score (nSPS) is 16.0. The number of aromatic nitrogens is 2. The molecule has 2 rings (SSSR count). The predicted octanol–water partition coefficient (Wildman–Crippen LogP) is 5.15. The number of nitrogens with zero attached hydrogens (tertiary/aromatic N) is 4. The molecule has 0 spiro atoms. The molecule has 1 fully saturated rings. The first-order valence-corrected chi connectivity index (χ1v) is 14.0. The number of likely N-dealkylation sites (N-methyl/N-ethyl adjacent to an activating group) is 1. The third-order valence-electron chi connectivity index (χ3n) is 6.33. The van der Waals surface area contributed by atoms with Gasteiger partial charge in [-0.05, 0) is 81.6 Å². The first-order valence-electron chi connectivity index (χ1n) is 12.5. The molecule has 0 aliphatic carbocycles. The van der Waals surface area contributed by atoms with Crippen molar-refractivity contribution in [2.24, 2.45) is 0 Å². The third kappa shape index (κ3) is 8.09. The molecular weight excluding hydrogens is 509 g/mol. The molecule has 0 unspecified atom stereocenters. The lowest BCUT2D eigenvalue weighted by atomic mass is 10.0. The van der Waals surface area contributed by atoms with E-state index < -0.39 is 21.9 Å². The molecule has 2 heterocycles. The van der Waals surface area contributed by atoms with E-state index in [1.807, 2.05) is 27.7 Å². The number of carbonyl (C=O) groups excluding carboxylic acids is 1. The molecule has 38 heavy (non-hydrogen) atoms. The van der Waals surface area contributed by atoms with E-state index in [2.05, 4.69) is 32.9 Å². The fourth-order valence-corrected chi connectivity index (χ4v) is 4.85. The Labute approximate surface area is 225 Å². The first kappa shape index (κ1) is 30.9. The summed E-state index contributed by atoms with van der Waals surface area (Å²) in [5.41, 5.74) is 2.34. The summed E-state index contributed by atoms with van der Waals surface area (Å²) < 4.78 is 47.4. The molecule has 1 aromatic rings. The van der Waals surface area contributed by atoms with Crippen molar-refractivity contribution in [1.29, 1.82) is 0 Å². The smallest absolute Gasteiger partial charge is 0.335 e. The monoisotopic (exact) mass is 547 g/mol. The van der Waals surface area contributed by atoms with Crippen LogP contribution in [0.1, 0.15) is 58.1 Å². The van der Waals surface area contributed by atoms with E-state index in [0.717, 1.165) is 24.0 Å². The number of allylic oxidation sites excluding steroid dienone is 5. The van der Waals surface area contributed by atoms with Crippen molar-refractivity contribution >= 4 is 21.9 Å². The summed E-state index contributed by atoms with van der Waals surface area (Å²) >= 11 is 0.